The van der Waals surface area contributed by atoms with Gasteiger partial charge in [0.1, 0.15) is 16.7 Å². The number of rotatable bonds is 4. The van der Waals surface area contributed by atoms with Gasteiger partial charge in [-0.3, -0.25) is 4.79 Å². The molecule has 1 aromatic carbocycles. The number of aromatic nitrogens is 2. The summed E-state index contributed by atoms with van der Waals surface area (Å²) < 4.78 is 12.3. The van der Waals surface area contributed by atoms with Gasteiger partial charge >= 0.3 is 5.97 Å². The van der Waals surface area contributed by atoms with E-state index in [9.17, 15) is 10.0 Å². The molecule has 0 radical (unpaired) electrons. The summed E-state index contributed by atoms with van der Waals surface area (Å²) in [6.45, 7) is 8.87. The Kier molecular flexibility index (Phi) is 4.98. The van der Waals surface area contributed by atoms with Crippen molar-refractivity contribution in [2.24, 2.45) is 0 Å². The van der Waals surface area contributed by atoms with Crippen molar-refractivity contribution in [3.8, 4) is 22.6 Å². The largest absolute Gasteiger partial charge is 0.619 e. The quantitative estimate of drug-likeness (QED) is 0.384. The number of ether oxygens (including phenoxy) is 1. The van der Waals surface area contributed by atoms with Crippen molar-refractivity contribution in [2.75, 3.05) is 0 Å². The molecule has 0 aliphatic rings. The van der Waals surface area contributed by atoms with Crippen LogP contribution >= 0.6 is 0 Å². The topological polar surface area (TPSA) is 79.3 Å². The van der Waals surface area contributed by atoms with Crippen LogP contribution < -0.4 is 4.73 Å². The van der Waals surface area contributed by atoms with Gasteiger partial charge in [-0.15, -0.1) is 0 Å². The molecule has 0 aliphatic heterocycles. The van der Waals surface area contributed by atoms with Crippen molar-refractivity contribution < 1.29 is 18.7 Å². The van der Waals surface area contributed by atoms with Crippen LogP contribution in [0.5, 0.6) is 0 Å². The molecular weight excluding hydrogens is 356 g/mol. The molecule has 2 heterocycles. The van der Waals surface area contributed by atoms with Gasteiger partial charge in [-0.05, 0) is 40.7 Å². The highest BCUT2D eigenvalue weighted by Gasteiger charge is 2.40. The van der Waals surface area contributed by atoms with E-state index in [-0.39, 0.29) is 5.89 Å². The zero-order valence-corrected chi connectivity index (χ0v) is 16.7. The van der Waals surface area contributed by atoms with Crippen LogP contribution in [-0.2, 0) is 14.9 Å². The third-order valence-electron chi connectivity index (χ3n) is 4.16. The van der Waals surface area contributed by atoms with Crippen LogP contribution in [0.25, 0.3) is 22.6 Å². The average Bonchev–Trinajstić information content (AvgIpc) is 3.07. The number of hydrogen-bond donors (Lipinski definition) is 0. The Hall–Kier alpha value is -3.15. The van der Waals surface area contributed by atoms with Crippen LogP contribution in [0.4, 0.5) is 0 Å². The predicted molar refractivity (Wildman–Crippen MR) is 105 cm³/mol. The first-order valence-electron chi connectivity index (χ1n) is 9.07. The SMILES string of the molecule is CC(C)(C)OC(=O)C(C)(C)c1nc(-c2ccc[n+]([O-])c2)c(-c2ccccc2)o1. The Morgan fingerprint density at radius 2 is 1.68 bits per heavy atom. The lowest BCUT2D eigenvalue weighted by molar-refractivity contribution is -0.604. The molecule has 146 valence electrons. The zero-order valence-electron chi connectivity index (χ0n) is 16.7. The molecule has 28 heavy (non-hydrogen) atoms. The highest BCUT2D eigenvalue weighted by molar-refractivity contribution is 5.83. The van der Waals surface area contributed by atoms with Crippen molar-refractivity contribution in [3.05, 3.63) is 66.0 Å². The molecule has 6 heteroatoms. The van der Waals surface area contributed by atoms with Crippen LogP contribution in [-0.4, -0.2) is 16.6 Å². The van der Waals surface area contributed by atoms with Crippen molar-refractivity contribution in [2.45, 2.75) is 45.6 Å². The van der Waals surface area contributed by atoms with E-state index >= 15 is 0 Å². The minimum Gasteiger partial charge on any atom is -0.619 e. The average molecular weight is 380 g/mol. The lowest BCUT2D eigenvalue weighted by Gasteiger charge is -2.26. The van der Waals surface area contributed by atoms with Gasteiger partial charge in [0, 0.05) is 11.6 Å². The summed E-state index contributed by atoms with van der Waals surface area (Å²) in [7, 11) is 0. The second-order valence-corrected chi connectivity index (χ2v) is 8.14. The molecule has 0 saturated heterocycles. The molecular formula is C22H24N2O4. The third-order valence-corrected chi connectivity index (χ3v) is 4.16. The number of oxazole rings is 1. The minimum atomic E-state index is -1.10. The molecule has 0 saturated carbocycles. The van der Waals surface area contributed by atoms with E-state index in [1.165, 1.54) is 12.4 Å². The van der Waals surface area contributed by atoms with Gasteiger partial charge in [0.25, 0.3) is 0 Å². The molecule has 3 rings (SSSR count). The third kappa shape index (κ3) is 4.06. The summed E-state index contributed by atoms with van der Waals surface area (Å²) in [5.41, 5.74) is 0.184. The lowest BCUT2D eigenvalue weighted by atomic mass is 9.93. The van der Waals surface area contributed by atoms with Crippen molar-refractivity contribution in [3.63, 3.8) is 0 Å². The van der Waals surface area contributed by atoms with Crippen LogP contribution in [0.3, 0.4) is 0 Å². The van der Waals surface area contributed by atoms with Crippen molar-refractivity contribution in [1.82, 2.24) is 4.98 Å². The maximum absolute atomic E-state index is 12.8. The van der Waals surface area contributed by atoms with Gasteiger partial charge in [0.2, 0.25) is 5.89 Å². The van der Waals surface area contributed by atoms with Gasteiger partial charge in [-0.1, -0.05) is 30.3 Å². The van der Waals surface area contributed by atoms with Crippen LogP contribution in [0, 0.1) is 5.21 Å². The maximum Gasteiger partial charge on any atom is 0.321 e. The predicted octanol–water partition coefficient (Wildman–Crippen LogP) is 4.26. The molecule has 0 fully saturated rings. The number of carbonyl (C=O) groups excluding carboxylic acids is 1. The highest BCUT2D eigenvalue weighted by atomic mass is 16.6. The fraction of sp³-hybridized carbons (Fsp3) is 0.318. The molecule has 0 aliphatic carbocycles. The van der Waals surface area contributed by atoms with E-state index in [1.807, 2.05) is 51.1 Å². The summed E-state index contributed by atoms with van der Waals surface area (Å²) in [4.78, 5) is 17.4. The van der Waals surface area contributed by atoms with Crippen LogP contribution in [0.1, 0.15) is 40.5 Å². The van der Waals surface area contributed by atoms with Crippen LogP contribution in [0.2, 0.25) is 0 Å². The highest BCUT2D eigenvalue weighted by Crippen LogP contribution is 2.36. The Labute approximate surface area is 164 Å². The number of benzene rings is 1. The minimum absolute atomic E-state index is 0.233. The fourth-order valence-corrected chi connectivity index (χ4v) is 2.66. The molecule has 6 nitrogen and oxygen atoms in total. The standard InChI is InChI=1S/C22H24N2O4/c1-21(2,3)28-20(25)22(4,5)19-23-17(16-12-9-13-24(26)14-16)18(27-19)15-10-7-6-8-11-15/h6-14H,1-5H3. The van der Waals surface area contributed by atoms with Gasteiger partial charge in [-0.25, -0.2) is 4.98 Å². The summed E-state index contributed by atoms with van der Waals surface area (Å²) in [6.07, 6.45) is 2.83. The Bertz CT molecular complexity index is 985. The second-order valence-electron chi connectivity index (χ2n) is 8.14. The summed E-state index contributed by atoms with van der Waals surface area (Å²) in [5.74, 6) is 0.301. The number of pyridine rings is 1. The van der Waals surface area contributed by atoms with Gasteiger partial charge in [0.05, 0.1) is 5.56 Å². The van der Waals surface area contributed by atoms with E-state index in [2.05, 4.69) is 4.98 Å². The van der Waals surface area contributed by atoms with Gasteiger partial charge in [-0.2, -0.15) is 4.73 Å². The molecule has 0 spiro atoms. The van der Waals surface area contributed by atoms with Gasteiger partial charge < -0.3 is 14.4 Å². The monoisotopic (exact) mass is 380 g/mol. The first-order valence-corrected chi connectivity index (χ1v) is 9.07. The number of nitrogens with zero attached hydrogens (tertiary/aromatic N) is 2. The van der Waals surface area contributed by atoms with Crippen molar-refractivity contribution >= 4 is 5.97 Å². The molecule has 2 aromatic heterocycles. The molecule has 3 aromatic rings. The molecule has 0 atom stereocenters. The first kappa shape index (κ1) is 19.6. The molecule has 0 amide bonds. The molecule has 0 bridgehead atoms. The normalized spacial score (nSPS) is 12.0. The number of carbonyl (C=O) groups is 1. The van der Waals surface area contributed by atoms with Crippen molar-refractivity contribution in [1.29, 1.82) is 0 Å². The maximum atomic E-state index is 12.8. The Morgan fingerprint density at radius 1 is 1.04 bits per heavy atom. The van der Waals surface area contributed by atoms with E-state index < -0.39 is 17.0 Å². The summed E-state index contributed by atoms with van der Waals surface area (Å²) in [6, 6.07) is 12.9. The Morgan fingerprint density at radius 3 is 2.29 bits per heavy atom. The van der Waals surface area contributed by atoms with Crippen LogP contribution in [0.15, 0.2) is 59.3 Å². The van der Waals surface area contributed by atoms with E-state index in [4.69, 9.17) is 9.15 Å². The second kappa shape index (κ2) is 7.11. The fourth-order valence-electron chi connectivity index (χ4n) is 2.66. The number of esters is 1. The van der Waals surface area contributed by atoms with E-state index in [0.29, 0.717) is 21.7 Å². The number of hydrogen-bond acceptors (Lipinski definition) is 5. The molecule has 0 N–H and O–H groups in total. The summed E-state index contributed by atoms with van der Waals surface area (Å²) >= 11 is 0. The smallest absolute Gasteiger partial charge is 0.321 e. The molecule has 0 unspecified atom stereocenters. The van der Waals surface area contributed by atoms with E-state index in [0.717, 1.165) is 5.56 Å². The Balaban J connectivity index is 2.13. The van der Waals surface area contributed by atoms with Gasteiger partial charge in [0.15, 0.2) is 18.2 Å². The first-order chi connectivity index (χ1) is 13.1. The van der Waals surface area contributed by atoms with E-state index in [1.54, 1.807) is 26.0 Å². The summed E-state index contributed by atoms with van der Waals surface area (Å²) in [5, 5.41) is 11.8. The zero-order chi connectivity index (χ0) is 20.5. The lowest BCUT2D eigenvalue weighted by Crippen LogP contribution is -2.37.